The van der Waals surface area contributed by atoms with Gasteiger partial charge in [-0.15, -0.1) is 6.42 Å². The second-order valence-corrected chi connectivity index (χ2v) is 4.50. The third kappa shape index (κ3) is 2.77. The number of terminal acetylenes is 1. The van der Waals surface area contributed by atoms with Crippen LogP contribution in [0.4, 0.5) is 0 Å². The first-order chi connectivity index (χ1) is 8.20. The highest BCUT2D eigenvalue weighted by Crippen LogP contribution is 2.22. The molecule has 1 atom stereocenters. The first kappa shape index (κ1) is 11.9. The van der Waals surface area contributed by atoms with Crippen LogP contribution < -0.4 is 5.32 Å². The molecule has 2 rings (SSSR count). The highest BCUT2D eigenvalue weighted by atomic mass is 16.2. The average molecular weight is 235 g/mol. The number of carbonyl (C=O) groups excluding carboxylic acids is 2. The van der Waals surface area contributed by atoms with Gasteiger partial charge >= 0.3 is 0 Å². The lowest BCUT2D eigenvalue weighted by atomic mass is 10.1. The highest BCUT2D eigenvalue weighted by molar-refractivity contribution is 5.79. The zero-order valence-electron chi connectivity index (χ0n) is 9.82. The van der Waals surface area contributed by atoms with E-state index >= 15 is 0 Å². The van der Waals surface area contributed by atoms with Gasteiger partial charge in [0, 0.05) is 32.1 Å². The molecule has 0 aromatic carbocycles. The molecular formula is C12H17N3O2. The molecule has 2 amide bonds. The lowest BCUT2D eigenvalue weighted by Gasteiger charge is -2.37. The van der Waals surface area contributed by atoms with Gasteiger partial charge in [0.05, 0.1) is 13.1 Å². The number of nitrogens with one attached hydrogen (secondary N) is 1. The van der Waals surface area contributed by atoms with E-state index in [0.717, 1.165) is 26.1 Å². The van der Waals surface area contributed by atoms with E-state index < -0.39 is 0 Å². The maximum Gasteiger partial charge on any atom is 0.234 e. The Balaban J connectivity index is 1.79. The smallest absolute Gasteiger partial charge is 0.234 e. The fraction of sp³-hybridized carbons (Fsp3) is 0.667. The maximum atomic E-state index is 11.5. The molecule has 0 saturated carbocycles. The SMILES string of the molecule is C#CCNC(=O)CN1CCN2C(=O)CCC2C1. The van der Waals surface area contributed by atoms with E-state index in [0.29, 0.717) is 19.0 Å². The molecule has 2 fully saturated rings. The molecule has 0 aromatic heterocycles. The number of hydrogen-bond donors (Lipinski definition) is 1. The summed E-state index contributed by atoms with van der Waals surface area (Å²) in [7, 11) is 0. The summed E-state index contributed by atoms with van der Waals surface area (Å²) in [6.07, 6.45) is 6.65. The van der Waals surface area contributed by atoms with Crippen molar-refractivity contribution < 1.29 is 9.59 Å². The van der Waals surface area contributed by atoms with E-state index in [1.54, 1.807) is 0 Å². The first-order valence-corrected chi connectivity index (χ1v) is 5.92. The lowest BCUT2D eigenvalue weighted by Crippen LogP contribution is -2.53. The normalized spacial score (nSPS) is 24.3. The molecular weight excluding hydrogens is 218 g/mol. The van der Waals surface area contributed by atoms with Gasteiger partial charge in [-0.1, -0.05) is 5.92 Å². The van der Waals surface area contributed by atoms with Gasteiger partial charge in [-0.05, 0) is 6.42 Å². The van der Waals surface area contributed by atoms with Gasteiger partial charge < -0.3 is 10.2 Å². The summed E-state index contributed by atoms with van der Waals surface area (Å²) in [5.74, 6) is 2.59. The summed E-state index contributed by atoms with van der Waals surface area (Å²) in [4.78, 5) is 27.0. The molecule has 1 N–H and O–H groups in total. The lowest BCUT2D eigenvalue weighted by molar-refractivity contribution is -0.131. The summed E-state index contributed by atoms with van der Waals surface area (Å²) in [5, 5.41) is 2.65. The molecule has 0 bridgehead atoms. The van der Waals surface area contributed by atoms with Crippen molar-refractivity contribution in [2.24, 2.45) is 0 Å². The van der Waals surface area contributed by atoms with Crippen LogP contribution in [0.3, 0.4) is 0 Å². The number of amides is 2. The van der Waals surface area contributed by atoms with Crippen LogP contribution in [0.1, 0.15) is 12.8 Å². The standard InChI is InChI=1S/C12H17N3O2/c1-2-5-13-11(16)9-14-6-7-15-10(8-14)3-4-12(15)17/h1,10H,3-9H2,(H,13,16). The predicted octanol–water partition coefficient (Wildman–Crippen LogP) is -0.958. The Morgan fingerprint density at radius 1 is 1.53 bits per heavy atom. The van der Waals surface area contributed by atoms with Gasteiger partial charge in [-0.3, -0.25) is 14.5 Å². The number of fused-ring (bicyclic) bond motifs is 1. The molecule has 0 aliphatic carbocycles. The third-order valence-electron chi connectivity index (χ3n) is 3.33. The van der Waals surface area contributed by atoms with Crippen LogP contribution in [-0.4, -0.2) is 60.4 Å². The van der Waals surface area contributed by atoms with Crippen molar-refractivity contribution in [3.63, 3.8) is 0 Å². The van der Waals surface area contributed by atoms with Crippen LogP contribution in [-0.2, 0) is 9.59 Å². The summed E-state index contributed by atoms with van der Waals surface area (Å²) < 4.78 is 0. The van der Waals surface area contributed by atoms with Gasteiger partial charge in [0.1, 0.15) is 0 Å². The van der Waals surface area contributed by atoms with Crippen molar-refractivity contribution in [1.29, 1.82) is 0 Å². The molecule has 5 nitrogen and oxygen atoms in total. The van der Waals surface area contributed by atoms with E-state index in [1.165, 1.54) is 0 Å². The fourth-order valence-corrected chi connectivity index (χ4v) is 2.48. The largest absolute Gasteiger partial charge is 0.344 e. The van der Waals surface area contributed by atoms with E-state index in [-0.39, 0.29) is 18.4 Å². The van der Waals surface area contributed by atoms with Gasteiger partial charge in [0.2, 0.25) is 11.8 Å². The molecule has 5 heteroatoms. The van der Waals surface area contributed by atoms with Crippen LogP contribution >= 0.6 is 0 Å². The van der Waals surface area contributed by atoms with E-state index in [2.05, 4.69) is 16.1 Å². The van der Waals surface area contributed by atoms with E-state index in [9.17, 15) is 9.59 Å². The second kappa shape index (κ2) is 5.19. The van der Waals surface area contributed by atoms with Crippen molar-refractivity contribution in [2.75, 3.05) is 32.7 Å². The molecule has 1 unspecified atom stereocenters. The monoisotopic (exact) mass is 235 g/mol. The molecule has 0 aromatic rings. The van der Waals surface area contributed by atoms with Crippen molar-refractivity contribution >= 4 is 11.8 Å². The van der Waals surface area contributed by atoms with Gasteiger partial charge in [0.25, 0.3) is 0 Å². The zero-order valence-corrected chi connectivity index (χ0v) is 9.82. The van der Waals surface area contributed by atoms with Crippen LogP contribution in [0.2, 0.25) is 0 Å². The number of rotatable bonds is 3. The van der Waals surface area contributed by atoms with Crippen LogP contribution in [0.25, 0.3) is 0 Å². The Labute approximate surface area is 101 Å². The van der Waals surface area contributed by atoms with Gasteiger partial charge in [-0.25, -0.2) is 0 Å². The number of hydrogen-bond acceptors (Lipinski definition) is 3. The first-order valence-electron chi connectivity index (χ1n) is 5.92. The number of piperazine rings is 1. The summed E-state index contributed by atoms with van der Waals surface area (Å²) >= 11 is 0. The van der Waals surface area contributed by atoms with Crippen LogP contribution in [0.5, 0.6) is 0 Å². The molecule has 0 spiro atoms. The molecule has 17 heavy (non-hydrogen) atoms. The minimum absolute atomic E-state index is 0.0410. The highest BCUT2D eigenvalue weighted by Gasteiger charge is 2.35. The fourth-order valence-electron chi connectivity index (χ4n) is 2.48. The molecule has 92 valence electrons. The Bertz CT molecular complexity index is 361. The van der Waals surface area contributed by atoms with Gasteiger partial charge in [-0.2, -0.15) is 0 Å². The summed E-state index contributed by atoms with van der Waals surface area (Å²) in [6, 6.07) is 0.302. The molecule has 2 heterocycles. The van der Waals surface area contributed by atoms with E-state index in [1.807, 2.05) is 4.90 Å². The van der Waals surface area contributed by atoms with Crippen LogP contribution in [0.15, 0.2) is 0 Å². The molecule has 2 saturated heterocycles. The minimum atomic E-state index is -0.0410. The predicted molar refractivity (Wildman–Crippen MR) is 63.0 cm³/mol. The number of carbonyl (C=O) groups is 2. The average Bonchev–Trinajstić information content (AvgIpc) is 2.68. The Morgan fingerprint density at radius 3 is 3.12 bits per heavy atom. The molecule has 2 aliphatic rings. The number of nitrogens with zero attached hydrogens (tertiary/aromatic N) is 2. The topological polar surface area (TPSA) is 52.7 Å². The zero-order chi connectivity index (χ0) is 12.3. The Morgan fingerprint density at radius 2 is 2.35 bits per heavy atom. The summed E-state index contributed by atoms with van der Waals surface area (Å²) in [6.45, 7) is 2.97. The maximum absolute atomic E-state index is 11.5. The molecule has 2 aliphatic heterocycles. The quantitative estimate of drug-likeness (QED) is 0.641. The van der Waals surface area contributed by atoms with E-state index in [4.69, 9.17) is 6.42 Å². The van der Waals surface area contributed by atoms with Crippen molar-refractivity contribution in [2.45, 2.75) is 18.9 Å². The van der Waals surface area contributed by atoms with Gasteiger partial charge in [0.15, 0.2) is 0 Å². The van der Waals surface area contributed by atoms with Crippen molar-refractivity contribution in [3.8, 4) is 12.3 Å². The van der Waals surface area contributed by atoms with Crippen LogP contribution in [0, 0.1) is 12.3 Å². The molecule has 0 radical (unpaired) electrons. The van der Waals surface area contributed by atoms with Crippen molar-refractivity contribution in [3.05, 3.63) is 0 Å². The Kier molecular flexibility index (Phi) is 3.64. The second-order valence-electron chi connectivity index (χ2n) is 4.50. The Hall–Kier alpha value is -1.54. The minimum Gasteiger partial charge on any atom is -0.344 e. The third-order valence-corrected chi connectivity index (χ3v) is 3.33. The summed E-state index contributed by atoms with van der Waals surface area (Å²) in [5.41, 5.74) is 0. The van der Waals surface area contributed by atoms with Crippen molar-refractivity contribution in [1.82, 2.24) is 15.1 Å².